The summed E-state index contributed by atoms with van der Waals surface area (Å²) < 4.78 is 10.9. The zero-order chi connectivity index (χ0) is 9.52. The summed E-state index contributed by atoms with van der Waals surface area (Å²) in [6.07, 6.45) is 3.41. The van der Waals surface area contributed by atoms with Crippen molar-refractivity contribution in [3.63, 3.8) is 0 Å². The van der Waals surface area contributed by atoms with E-state index in [1.165, 1.54) is 6.42 Å². The topological polar surface area (TPSA) is 18.5 Å². The molecule has 1 heterocycles. The normalized spacial score (nSPS) is 21.7. The fraction of sp³-hybridized carbons (Fsp3) is 1.00. The van der Waals surface area contributed by atoms with Crippen LogP contribution in [0.2, 0.25) is 0 Å². The maximum absolute atomic E-state index is 5.46. The molecule has 1 unspecified atom stereocenters. The van der Waals surface area contributed by atoms with Crippen molar-refractivity contribution in [1.29, 1.82) is 0 Å². The van der Waals surface area contributed by atoms with Gasteiger partial charge in [0.15, 0.2) is 6.29 Å². The summed E-state index contributed by atoms with van der Waals surface area (Å²) in [5, 5.41) is 0.767. The molecule has 0 saturated carbocycles. The van der Waals surface area contributed by atoms with Gasteiger partial charge < -0.3 is 9.47 Å². The van der Waals surface area contributed by atoms with Crippen molar-refractivity contribution in [2.45, 2.75) is 44.6 Å². The van der Waals surface area contributed by atoms with Gasteiger partial charge in [0, 0.05) is 11.7 Å². The molecule has 0 N–H and O–H groups in total. The van der Waals surface area contributed by atoms with Gasteiger partial charge in [0.05, 0.1) is 13.2 Å². The van der Waals surface area contributed by atoms with Crippen LogP contribution in [0.4, 0.5) is 0 Å². The van der Waals surface area contributed by atoms with Crippen molar-refractivity contribution in [2.75, 3.05) is 19.0 Å². The van der Waals surface area contributed by atoms with Gasteiger partial charge in [0.2, 0.25) is 0 Å². The van der Waals surface area contributed by atoms with Crippen LogP contribution >= 0.6 is 11.8 Å². The van der Waals surface area contributed by atoms with Crippen LogP contribution in [0.25, 0.3) is 0 Å². The Morgan fingerprint density at radius 2 is 2.08 bits per heavy atom. The second-order valence-electron chi connectivity index (χ2n) is 3.40. The van der Waals surface area contributed by atoms with Gasteiger partial charge in [-0.05, 0) is 18.6 Å². The third kappa shape index (κ3) is 4.89. The van der Waals surface area contributed by atoms with E-state index in [1.807, 2.05) is 11.8 Å². The Morgan fingerprint density at radius 1 is 1.38 bits per heavy atom. The average molecular weight is 204 g/mol. The molecule has 3 heteroatoms. The van der Waals surface area contributed by atoms with Gasteiger partial charge in [-0.2, -0.15) is 11.8 Å². The monoisotopic (exact) mass is 204 g/mol. The maximum atomic E-state index is 5.46. The van der Waals surface area contributed by atoms with Crippen molar-refractivity contribution in [3.05, 3.63) is 0 Å². The Kier molecular flexibility index (Phi) is 5.83. The van der Waals surface area contributed by atoms with E-state index in [1.54, 1.807) is 0 Å². The molecule has 1 saturated heterocycles. The highest BCUT2D eigenvalue weighted by Gasteiger charge is 2.13. The minimum Gasteiger partial charge on any atom is -0.353 e. The SMILES string of the molecule is CCC(C)SCCC1OCCCO1. The third-order valence-electron chi connectivity index (χ3n) is 2.23. The molecule has 0 aromatic rings. The molecule has 1 rings (SSSR count). The number of rotatable bonds is 5. The maximum Gasteiger partial charge on any atom is 0.158 e. The lowest BCUT2D eigenvalue weighted by Crippen LogP contribution is -2.25. The van der Waals surface area contributed by atoms with E-state index >= 15 is 0 Å². The quantitative estimate of drug-likeness (QED) is 0.686. The van der Waals surface area contributed by atoms with E-state index in [0.717, 1.165) is 37.1 Å². The minimum atomic E-state index is 0.0744. The van der Waals surface area contributed by atoms with Gasteiger partial charge in [-0.1, -0.05) is 13.8 Å². The Labute approximate surface area is 85.4 Å². The summed E-state index contributed by atoms with van der Waals surface area (Å²) in [5.74, 6) is 1.15. The lowest BCUT2D eigenvalue weighted by atomic mass is 10.4. The molecule has 1 fully saturated rings. The van der Waals surface area contributed by atoms with Gasteiger partial charge in [-0.3, -0.25) is 0 Å². The van der Waals surface area contributed by atoms with E-state index < -0.39 is 0 Å². The fourth-order valence-electron chi connectivity index (χ4n) is 1.19. The first-order chi connectivity index (χ1) is 6.33. The fourth-order valence-corrected chi connectivity index (χ4v) is 2.15. The van der Waals surface area contributed by atoms with E-state index in [2.05, 4.69) is 13.8 Å². The summed E-state index contributed by atoms with van der Waals surface area (Å²) in [7, 11) is 0. The molecule has 0 aliphatic carbocycles. The van der Waals surface area contributed by atoms with E-state index in [9.17, 15) is 0 Å². The molecular formula is C10H20O2S. The second-order valence-corrected chi connectivity index (χ2v) is 4.95. The molecule has 2 nitrogen and oxygen atoms in total. The van der Waals surface area contributed by atoms with Crippen molar-refractivity contribution in [3.8, 4) is 0 Å². The van der Waals surface area contributed by atoms with Crippen molar-refractivity contribution >= 4 is 11.8 Å². The van der Waals surface area contributed by atoms with Crippen LogP contribution in [-0.2, 0) is 9.47 Å². The molecular weight excluding hydrogens is 184 g/mol. The van der Waals surface area contributed by atoms with E-state index in [-0.39, 0.29) is 6.29 Å². The van der Waals surface area contributed by atoms with Gasteiger partial charge in [-0.25, -0.2) is 0 Å². The number of thioether (sulfide) groups is 1. The molecule has 0 aromatic heterocycles. The largest absolute Gasteiger partial charge is 0.353 e. The highest BCUT2D eigenvalue weighted by molar-refractivity contribution is 7.99. The van der Waals surface area contributed by atoms with Crippen LogP contribution in [-0.4, -0.2) is 30.5 Å². The lowest BCUT2D eigenvalue weighted by Gasteiger charge is -2.23. The van der Waals surface area contributed by atoms with E-state index in [0.29, 0.717) is 0 Å². The smallest absolute Gasteiger partial charge is 0.158 e. The lowest BCUT2D eigenvalue weighted by molar-refractivity contribution is -0.178. The van der Waals surface area contributed by atoms with Gasteiger partial charge in [-0.15, -0.1) is 0 Å². The van der Waals surface area contributed by atoms with Crippen LogP contribution in [0.15, 0.2) is 0 Å². The molecule has 0 aromatic carbocycles. The molecule has 0 spiro atoms. The first-order valence-electron chi connectivity index (χ1n) is 5.17. The summed E-state index contributed by atoms with van der Waals surface area (Å²) in [5.41, 5.74) is 0. The van der Waals surface area contributed by atoms with Crippen LogP contribution in [0.5, 0.6) is 0 Å². The van der Waals surface area contributed by atoms with Crippen LogP contribution in [0, 0.1) is 0 Å². The Hall–Kier alpha value is 0.270. The second kappa shape index (κ2) is 6.68. The molecule has 1 aliphatic heterocycles. The highest BCUT2D eigenvalue weighted by Crippen LogP contribution is 2.17. The summed E-state index contributed by atoms with van der Waals surface area (Å²) in [6, 6.07) is 0. The Bertz CT molecular complexity index is 124. The minimum absolute atomic E-state index is 0.0744. The van der Waals surface area contributed by atoms with Gasteiger partial charge in [0.1, 0.15) is 0 Å². The zero-order valence-corrected chi connectivity index (χ0v) is 9.44. The molecule has 1 aliphatic rings. The van der Waals surface area contributed by atoms with Crippen molar-refractivity contribution in [2.24, 2.45) is 0 Å². The number of hydrogen-bond donors (Lipinski definition) is 0. The summed E-state index contributed by atoms with van der Waals surface area (Å²) >= 11 is 2.01. The van der Waals surface area contributed by atoms with Crippen molar-refractivity contribution in [1.82, 2.24) is 0 Å². The van der Waals surface area contributed by atoms with Crippen LogP contribution in [0.3, 0.4) is 0 Å². The zero-order valence-electron chi connectivity index (χ0n) is 8.62. The highest BCUT2D eigenvalue weighted by atomic mass is 32.2. The van der Waals surface area contributed by atoms with Crippen molar-refractivity contribution < 1.29 is 9.47 Å². The average Bonchev–Trinajstić information content (AvgIpc) is 2.19. The number of hydrogen-bond acceptors (Lipinski definition) is 3. The number of ether oxygens (including phenoxy) is 2. The summed E-state index contributed by atoms with van der Waals surface area (Å²) in [4.78, 5) is 0. The van der Waals surface area contributed by atoms with Gasteiger partial charge >= 0.3 is 0 Å². The molecule has 1 atom stereocenters. The predicted molar refractivity (Wildman–Crippen MR) is 57.1 cm³/mol. The first-order valence-corrected chi connectivity index (χ1v) is 6.22. The van der Waals surface area contributed by atoms with E-state index in [4.69, 9.17) is 9.47 Å². The molecule has 78 valence electrons. The predicted octanol–water partition coefficient (Wildman–Crippen LogP) is 2.67. The molecule has 13 heavy (non-hydrogen) atoms. The van der Waals surface area contributed by atoms with Crippen LogP contribution < -0.4 is 0 Å². The molecule has 0 bridgehead atoms. The third-order valence-corrected chi connectivity index (χ3v) is 3.60. The molecule has 0 radical (unpaired) electrons. The summed E-state index contributed by atoms with van der Waals surface area (Å²) in [6.45, 7) is 6.25. The van der Waals surface area contributed by atoms with Gasteiger partial charge in [0.25, 0.3) is 0 Å². The Morgan fingerprint density at radius 3 is 2.69 bits per heavy atom. The first kappa shape index (κ1) is 11.3. The standard InChI is InChI=1S/C10H20O2S/c1-3-9(2)13-8-5-10-11-6-4-7-12-10/h9-10H,3-8H2,1-2H3. The van der Waals surface area contributed by atoms with Crippen LogP contribution in [0.1, 0.15) is 33.1 Å². The Balaban J connectivity index is 1.98. The molecule has 0 amide bonds.